The molecular weight excluding hydrogens is 360 g/mol. The summed E-state index contributed by atoms with van der Waals surface area (Å²) < 4.78 is 26.2. The third-order valence-corrected chi connectivity index (χ3v) is 6.13. The molecule has 7 nitrogen and oxygen atoms in total. The van der Waals surface area contributed by atoms with Gasteiger partial charge in [0.2, 0.25) is 15.2 Å². The minimum Gasteiger partial charge on any atom is -0.296 e. The van der Waals surface area contributed by atoms with Crippen LogP contribution in [-0.2, 0) is 10.0 Å². The van der Waals surface area contributed by atoms with Gasteiger partial charge in [0.1, 0.15) is 5.51 Å². The molecule has 0 aliphatic heterocycles. The van der Waals surface area contributed by atoms with Gasteiger partial charge in [-0.25, -0.2) is 8.42 Å². The lowest BCUT2D eigenvalue weighted by atomic mass is 10.2. The molecule has 0 unspecified atom stereocenters. The predicted molar refractivity (Wildman–Crippen MR) is 89.4 cm³/mol. The van der Waals surface area contributed by atoms with Crippen molar-refractivity contribution in [3.63, 3.8) is 0 Å². The first-order valence-corrected chi connectivity index (χ1v) is 9.28. The Balaban J connectivity index is 2.38. The van der Waals surface area contributed by atoms with E-state index in [0.29, 0.717) is 5.13 Å². The van der Waals surface area contributed by atoms with E-state index in [-0.39, 0.29) is 21.5 Å². The van der Waals surface area contributed by atoms with Crippen molar-refractivity contribution in [3.8, 4) is 0 Å². The second-order valence-electron chi connectivity index (χ2n) is 4.95. The van der Waals surface area contributed by atoms with E-state index in [1.54, 1.807) is 13.8 Å². The second kappa shape index (κ2) is 6.91. The van der Waals surface area contributed by atoms with E-state index in [9.17, 15) is 13.2 Å². The lowest BCUT2D eigenvalue weighted by Gasteiger charge is -2.21. The summed E-state index contributed by atoms with van der Waals surface area (Å²) in [6, 6.07) is 3.80. The SMILES string of the molecule is CC(C)N(C)S(=O)(=O)c1ccc(Cl)c(C(=O)Nc2nncs2)c1. The van der Waals surface area contributed by atoms with Crippen molar-refractivity contribution in [2.24, 2.45) is 0 Å². The molecular formula is C13H15ClN4O3S2. The monoisotopic (exact) mass is 374 g/mol. The summed E-state index contributed by atoms with van der Waals surface area (Å²) in [5.41, 5.74) is 1.52. The summed E-state index contributed by atoms with van der Waals surface area (Å²) >= 11 is 7.17. The molecule has 2 aromatic rings. The summed E-state index contributed by atoms with van der Waals surface area (Å²) in [7, 11) is -2.22. The fourth-order valence-electron chi connectivity index (χ4n) is 1.67. The van der Waals surface area contributed by atoms with E-state index in [1.165, 1.54) is 35.1 Å². The van der Waals surface area contributed by atoms with Gasteiger partial charge in [-0.15, -0.1) is 10.2 Å². The summed E-state index contributed by atoms with van der Waals surface area (Å²) in [6.45, 7) is 3.52. The van der Waals surface area contributed by atoms with E-state index < -0.39 is 15.9 Å². The van der Waals surface area contributed by atoms with E-state index in [1.807, 2.05) is 0 Å². The van der Waals surface area contributed by atoms with Crippen LogP contribution in [0.2, 0.25) is 5.02 Å². The van der Waals surface area contributed by atoms with Gasteiger partial charge in [-0.05, 0) is 32.0 Å². The van der Waals surface area contributed by atoms with Crippen LogP contribution in [0.15, 0.2) is 28.6 Å². The molecule has 1 heterocycles. The molecule has 0 radical (unpaired) electrons. The smallest absolute Gasteiger partial charge is 0.259 e. The highest BCUT2D eigenvalue weighted by Crippen LogP contribution is 2.24. The van der Waals surface area contributed by atoms with E-state index in [0.717, 1.165) is 11.3 Å². The summed E-state index contributed by atoms with van der Waals surface area (Å²) in [5.74, 6) is -0.545. The Hall–Kier alpha value is -1.55. The minimum atomic E-state index is -3.70. The first-order valence-electron chi connectivity index (χ1n) is 6.58. The molecule has 23 heavy (non-hydrogen) atoms. The maximum Gasteiger partial charge on any atom is 0.259 e. The standard InChI is InChI=1S/C13H15ClN4O3S2/c1-8(2)18(3)23(20,21)9-4-5-11(14)10(6-9)12(19)16-13-17-15-7-22-13/h4-8H,1-3H3,(H,16,17,19). The highest BCUT2D eigenvalue weighted by atomic mass is 35.5. The molecule has 0 fully saturated rings. The van der Waals surface area contributed by atoms with Crippen LogP contribution < -0.4 is 5.32 Å². The lowest BCUT2D eigenvalue weighted by Crippen LogP contribution is -2.33. The van der Waals surface area contributed by atoms with Gasteiger partial charge in [0.25, 0.3) is 5.91 Å². The fraction of sp³-hybridized carbons (Fsp3) is 0.308. The van der Waals surface area contributed by atoms with Crippen molar-refractivity contribution < 1.29 is 13.2 Å². The fourth-order valence-corrected chi connectivity index (χ4v) is 3.71. The summed E-state index contributed by atoms with van der Waals surface area (Å²) in [5, 5.41) is 10.3. The van der Waals surface area contributed by atoms with Crippen molar-refractivity contribution in [3.05, 3.63) is 34.3 Å². The number of hydrogen-bond acceptors (Lipinski definition) is 6. The number of aromatic nitrogens is 2. The normalized spacial score (nSPS) is 11.9. The topological polar surface area (TPSA) is 92.3 Å². The number of carbonyl (C=O) groups is 1. The zero-order chi connectivity index (χ0) is 17.2. The number of carbonyl (C=O) groups excluding carboxylic acids is 1. The van der Waals surface area contributed by atoms with Crippen molar-refractivity contribution in [2.75, 3.05) is 12.4 Å². The lowest BCUT2D eigenvalue weighted by molar-refractivity contribution is 0.102. The van der Waals surface area contributed by atoms with Crippen LogP contribution in [0.25, 0.3) is 0 Å². The minimum absolute atomic E-state index is 0.000476. The number of halogens is 1. The summed E-state index contributed by atoms with van der Waals surface area (Å²) in [6.07, 6.45) is 0. The zero-order valence-corrected chi connectivity index (χ0v) is 15.0. The number of nitrogens with zero attached hydrogens (tertiary/aromatic N) is 3. The Labute approximate surface area is 143 Å². The van der Waals surface area contributed by atoms with Crippen LogP contribution in [0.4, 0.5) is 5.13 Å². The van der Waals surface area contributed by atoms with E-state index >= 15 is 0 Å². The summed E-state index contributed by atoms with van der Waals surface area (Å²) in [4.78, 5) is 12.3. The van der Waals surface area contributed by atoms with Crippen LogP contribution in [0, 0.1) is 0 Å². The number of sulfonamides is 1. The van der Waals surface area contributed by atoms with E-state index in [2.05, 4.69) is 15.5 Å². The van der Waals surface area contributed by atoms with E-state index in [4.69, 9.17) is 11.6 Å². The Morgan fingerprint density at radius 1 is 1.39 bits per heavy atom. The third kappa shape index (κ3) is 3.86. The van der Waals surface area contributed by atoms with Crippen LogP contribution >= 0.6 is 22.9 Å². The first-order chi connectivity index (χ1) is 10.7. The van der Waals surface area contributed by atoms with Crippen molar-refractivity contribution >= 4 is 44.0 Å². The van der Waals surface area contributed by atoms with Crippen molar-refractivity contribution in [1.82, 2.24) is 14.5 Å². The van der Waals surface area contributed by atoms with Gasteiger partial charge in [-0.2, -0.15) is 4.31 Å². The van der Waals surface area contributed by atoms with Crippen molar-refractivity contribution in [1.29, 1.82) is 0 Å². The molecule has 0 aliphatic rings. The largest absolute Gasteiger partial charge is 0.296 e. The Morgan fingerprint density at radius 2 is 2.09 bits per heavy atom. The highest BCUT2D eigenvalue weighted by molar-refractivity contribution is 7.89. The molecule has 2 rings (SSSR count). The number of anilines is 1. The Morgan fingerprint density at radius 3 is 2.65 bits per heavy atom. The molecule has 10 heteroatoms. The molecule has 1 aromatic carbocycles. The first kappa shape index (κ1) is 17.8. The number of nitrogens with one attached hydrogen (secondary N) is 1. The van der Waals surface area contributed by atoms with Gasteiger partial charge < -0.3 is 0 Å². The Kier molecular flexibility index (Phi) is 5.35. The molecule has 1 N–H and O–H groups in total. The van der Waals surface area contributed by atoms with Gasteiger partial charge in [0, 0.05) is 13.1 Å². The maximum absolute atomic E-state index is 12.5. The molecule has 0 atom stereocenters. The van der Waals surface area contributed by atoms with Gasteiger partial charge in [0.05, 0.1) is 15.5 Å². The molecule has 1 aromatic heterocycles. The van der Waals surface area contributed by atoms with Crippen LogP contribution in [0.5, 0.6) is 0 Å². The average molecular weight is 375 g/mol. The van der Waals surface area contributed by atoms with Crippen LogP contribution in [0.3, 0.4) is 0 Å². The molecule has 0 saturated carbocycles. The Bertz CT molecular complexity index is 807. The number of benzene rings is 1. The third-order valence-electron chi connectivity index (χ3n) is 3.17. The zero-order valence-electron chi connectivity index (χ0n) is 12.6. The van der Waals surface area contributed by atoms with Crippen LogP contribution in [0.1, 0.15) is 24.2 Å². The predicted octanol–water partition coefficient (Wildman–Crippen LogP) is 2.47. The molecule has 0 spiro atoms. The maximum atomic E-state index is 12.5. The molecule has 0 saturated heterocycles. The molecule has 0 aliphatic carbocycles. The average Bonchev–Trinajstić information content (AvgIpc) is 2.99. The van der Waals surface area contributed by atoms with Gasteiger partial charge in [-0.1, -0.05) is 22.9 Å². The number of hydrogen-bond donors (Lipinski definition) is 1. The highest BCUT2D eigenvalue weighted by Gasteiger charge is 2.25. The van der Waals surface area contributed by atoms with Gasteiger partial charge in [-0.3, -0.25) is 10.1 Å². The number of amides is 1. The molecule has 124 valence electrons. The van der Waals surface area contributed by atoms with Crippen LogP contribution in [-0.4, -0.2) is 41.9 Å². The second-order valence-corrected chi connectivity index (χ2v) is 8.19. The molecule has 1 amide bonds. The quantitative estimate of drug-likeness (QED) is 0.867. The number of rotatable bonds is 5. The van der Waals surface area contributed by atoms with Crippen molar-refractivity contribution in [2.45, 2.75) is 24.8 Å². The molecule has 0 bridgehead atoms. The van der Waals surface area contributed by atoms with Gasteiger partial charge >= 0.3 is 0 Å². The van der Waals surface area contributed by atoms with Gasteiger partial charge in [0.15, 0.2) is 0 Å².